The second-order valence-corrected chi connectivity index (χ2v) is 4.09. The number of hydrogen-bond donors (Lipinski definition) is 3. The third-order valence-corrected chi connectivity index (χ3v) is 2.64. The Morgan fingerprint density at radius 1 is 1.44 bits per heavy atom. The summed E-state index contributed by atoms with van der Waals surface area (Å²) in [4.78, 5) is 0. The fourth-order valence-corrected chi connectivity index (χ4v) is 1.70. The highest BCUT2D eigenvalue weighted by atomic mass is 35.5. The molecule has 92 valence electrons. The normalized spacial score (nSPS) is 14.0. The van der Waals surface area contributed by atoms with Crippen molar-refractivity contribution >= 4 is 29.7 Å². The summed E-state index contributed by atoms with van der Waals surface area (Å²) >= 11 is 5.85. The SMILES string of the molecule is CCC[C@@H](O)[C@@H](N)c1cc(Cl)ccc1N.Cl. The van der Waals surface area contributed by atoms with Gasteiger partial charge in [0.05, 0.1) is 12.1 Å². The molecule has 0 amide bonds. The van der Waals surface area contributed by atoms with Crippen molar-refractivity contribution in [2.75, 3.05) is 5.73 Å². The first-order valence-electron chi connectivity index (χ1n) is 5.04. The van der Waals surface area contributed by atoms with Gasteiger partial charge < -0.3 is 16.6 Å². The van der Waals surface area contributed by atoms with Crippen molar-refractivity contribution in [1.82, 2.24) is 0 Å². The quantitative estimate of drug-likeness (QED) is 0.732. The van der Waals surface area contributed by atoms with Crippen LogP contribution in [-0.4, -0.2) is 11.2 Å². The second-order valence-electron chi connectivity index (χ2n) is 3.66. The van der Waals surface area contributed by atoms with Gasteiger partial charge in [-0.1, -0.05) is 24.9 Å². The fourth-order valence-electron chi connectivity index (χ4n) is 1.52. The molecule has 0 radical (unpaired) electrons. The molecule has 0 aromatic heterocycles. The van der Waals surface area contributed by atoms with E-state index < -0.39 is 12.1 Å². The summed E-state index contributed by atoms with van der Waals surface area (Å²) in [5, 5.41) is 10.3. The van der Waals surface area contributed by atoms with Crippen LogP contribution in [0, 0.1) is 0 Å². The number of anilines is 1. The molecule has 3 nitrogen and oxygen atoms in total. The van der Waals surface area contributed by atoms with Crippen LogP contribution >= 0.6 is 24.0 Å². The Kier molecular flexibility index (Phi) is 6.76. The molecule has 0 spiro atoms. The molecule has 0 aliphatic carbocycles. The summed E-state index contributed by atoms with van der Waals surface area (Å²) < 4.78 is 0. The Hall–Kier alpha value is -0.480. The minimum Gasteiger partial charge on any atom is -0.398 e. The van der Waals surface area contributed by atoms with Gasteiger partial charge in [0.15, 0.2) is 0 Å². The van der Waals surface area contributed by atoms with E-state index in [0.29, 0.717) is 22.7 Å². The minimum absolute atomic E-state index is 0. The zero-order chi connectivity index (χ0) is 11.4. The summed E-state index contributed by atoms with van der Waals surface area (Å²) in [6.45, 7) is 2.00. The molecule has 0 aliphatic rings. The molecule has 0 fully saturated rings. The van der Waals surface area contributed by atoms with E-state index in [1.165, 1.54) is 0 Å². The summed E-state index contributed by atoms with van der Waals surface area (Å²) in [5.74, 6) is 0. The van der Waals surface area contributed by atoms with Gasteiger partial charge in [-0.05, 0) is 30.2 Å². The predicted molar refractivity (Wildman–Crippen MR) is 71.0 cm³/mol. The maximum Gasteiger partial charge on any atom is 0.0733 e. The van der Waals surface area contributed by atoms with E-state index in [1.807, 2.05) is 6.92 Å². The number of nitrogens with two attached hydrogens (primary N) is 2. The number of hydrogen-bond acceptors (Lipinski definition) is 3. The molecule has 2 atom stereocenters. The maximum absolute atomic E-state index is 9.76. The van der Waals surface area contributed by atoms with Crippen molar-refractivity contribution in [2.24, 2.45) is 5.73 Å². The van der Waals surface area contributed by atoms with Crippen molar-refractivity contribution in [3.05, 3.63) is 28.8 Å². The molecule has 1 rings (SSSR count). The molecule has 0 saturated carbocycles. The number of rotatable bonds is 4. The molecule has 1 aromatic carbocycles. The van der Waals surface area contributed by atoms with Crippen molar-refractivity contribution in [2.45, 2.75) is 31.9 Å². The Morgan fingerprint density at radius 2 is 2.06 bits per heavy atom. The van der Waals surface area contributed by atoms with E-state index >= 15 is 0 Å². The largest absolute Gasteiger partial charge is 0.398 e. The molecule has 16 heavy (non-hydrogen) atoms. The lowest BCUT2D eigenvalue weighted by Gasteiger charge is -2.20. The first-order valence-corrected chi connectivity index (χ1v) is 5.42. The second kappa shape index (κ2) is 6.97. The van der Waals surface area contributed by atoms with E-state index in [-0.39, 0.29) is 12.4 Å². The van der Waals surface area contributed by atoms with Gasteiger partial charge in [-0.25, -0.2) is 0 Å². The van der Waals surface area contributed by atoms with Gasteiger partial charge in [-0.2, -0.15) is 0 Å². The van der Waals surface area contributed by atoms with Crippen molar-refractivity contribution < 1.29 is 5.11 Å². The van der Waals surface area contributed by atoms with Crippen LogP contribution in [0.1, 0.15) is 31.4 Å². The maximum atomic E-state index is 9.76. The lowest BCUT2D eigenvalue weighted by molar-refractivity contribution is 0.134. The Balaban J connectivity index is 0.00000225. The molecule has 0 unspecified atom stereocenters. The predicted octanol–water partition coefficient (Wildman–Crippen LogP) is 2.50. The van der Waals surface area contributed by atoms with Gasteiger partial charge in [0.1, 0.15) is 0 Å². The summed E-state index contributed by atoms with van der Waals surface area (Å²) in [7, 11) is 0. The molecule has 0 saturated heterocycles. The summed E-state index contributed by atoms with van der Waals surface area (Å²) in [6, 6.07) is 4.65. The van der Waals surface area contributed by atoms with Crippen molar-refractivity contribution in [3.63, 3.8) is 0 Å². The Labute approximate surface area is 107 Å². The monoisotopic (exact) mass is 264 g/mol. The van der Waals surface area contributed by atoms with Gasteiger partial charge in [-0.3, -0.25) is 0 Å². The van der Waals surface area contributed by atoms with E-state index in [4.69, 9.17) is 23.1 Å². The molecule has 0 bridgehead atoms. The number of halogens is 2. The van der Waals surface area contributed by atoms with Gasteiger partial charge in [-0.15, -0.1) is 12.4 Å². The van der Waals surface area contributed by atoms with Crippen LogP contribution < -0.4 is 11.5 Å². The molecular formula is C11H18Cl2N2O. The third-order valence-electron chi connectivity index (χ3n) is 2.41. The highest BCUT2D eigenvalue weighted by Gasteiger charge is 2.18. The number of aliphatic hydroxyl groups is 1. The molecule has 5 N–H and O–H groups in total. The summed E-state index contributed by atoms with van der Waals surface area (Å²) in [6.07, 6.45) is 0.971. The van der Waals surface area contributed by atoms with Gasteiger partial charge in [0.2, 0.25) is 0 Å². The standard InChI is InChI=1S/C11H17ClN2O.ClH/c1-2-3-10(15)11(14)8-6-7(12)4-5-9(8)13;/h4-6,10-11,15H,2-3,13-14H2,1H3;1H/t10-,11+;/m1./s1. The zero-order valence-corrected chi connectivity index (χ0v) is 10.8. The molecule has 1 aromatic rings. The Morgan fingerprint density at radius 3 is 2.62 bits per heavy atom. The highest BCUT2D eigenvalue weighted by molar-refractivity contribution is 6.30. The lowest BCUT2D eigenvalue weighted by atomic mass is 9.98. The first kappa shape index (κ1) is 15.5. The lowest BCUT2D eigenvalue weighted by Crippen LogP contribution is -2.26. The van der Waals surface area contributed by atoms with E-state index in [1.54, 1.807) is 18.2 Å². The van der Waals surface area contributed by atoms with Gasteiger partial charge in [0, 0.05) is 10.7 Å². The van der Waals surface area contributed by atoms with Crippen LogP contribution in [-0.2, 0) is 0 Å². The van der Waals surface area contributed by atoms with Crippen LogP contribution in [0.4, 0.5) is 5.69 Å². The van der Waals surface area contributed by atoms with Gasteiger partial charge >= 0.3 is 0 Å². The first-order chi connectivity index (χ1) is 7.06. The number of benzene rings is 1. The average molecular weight is 265 g/mol. The van der Waals surface area contributed by atoms with Crippen LogP contribution in [0.3, 0.4) is 0 Å². The number of aliphatic hydroxyl groups excluding tert-OH is 1. The smallest absolute Gasteiger partial charge is 0.0733 e. The van der Waals surface area contributed by atoms with Crippen LogP contribution in [0.25, 0.3) is 0 Å². The Bertz CT molecular complexity index is 334. The highest BCUT2D eigenvalue weighted by Crippen LogP contribution is 2.26. The third kappa shape index (κ3) is 3.83. The zero-order valence-electron chi connectivity index (χ0n) is 9.19. The van der Waals surface area contributed by atoms with Crippen LogP contribution in [0.2, 0.25) is 5.02 Å². The van der Waals surface area contributed by atoms with Crippen LogP contribution in [0.5, 0.6) is 0 Å². The van der Waals surface area contributed by atoms with Crippen molar-refractivity contribution in [3.8, 4) is 0 Å². The molecule has 0 aliphatic heterocycles. The fraction of sp³-hybridized carbons (Fsp3) is 0.455. The van der Waals surface area contributed by atoms with E-state index in [2.05, 4.69) is 0 Å². The molecular weight excluding hydrogens is 247 g/mol. The topological polar surface area (TPSA) is 72.3 Å². The van der Waals surface area contributed by atoms with Gasteiger partial charge in [0.25, 0.3) is 0 Å². The van der Waals surface area contributed by atoms with Crippen LogP contribution in [0.15, 0.2) is 18.2 Å². The molecule has 0 heterocycles. The van der Waals surface area contributed by atoms with E-state index in [0.717, 1.165) is 6.42 Å². The summed E-state index contributed by atoms with van der Waals surface area (Å²) in [5.41, 5.74) is 13.0. The molecule has 5 heteroatoms. The number of nitrogen functional groups attached to an aromatic ring is 1. The van der Waals surface area contributed by atoms with E-state index in [9.17, 15) is 5.11 Å². The van der Waals surface area contributed by atoms with Crippen molar-refractivity contribution in [1.29, 1.82) is 0 Å². The average Bonchev–Trinajstić information content (AvgIpc) is 2.21. The minimum atomic E-state index is -0.573.